The summed E-state index contributed by atoms with van der Waals surface area (Å²) in [6.07, 6.45) is 5.44. The average Bonchev–Trinajstić information content (AvgIpc) is 2.53. The monoisotopic (exact) mass is 304 g/mol. The van der Waals surface area contributed by atoms with Gasteiger partial charge < -0.3 is 5.32 Å². The van der Waals surface area contributed by atoms with Crippen molar-refractivity contribution in [3.8, 4) is 0 Å². The summed E-state index contributed by atoms with van der Waals surface area (Å²) in [5.74, 6) is 1.37. The van der Waals surface area contributed by atoms with Crippen molar-refractivity contribution < 1.29 is 0 Å². The lowest BCUT2D eigenvalue weighted by atomic mass is 10.0. The van der Waals surface area contributed by atoms with Crippen LogP contribution in [-0.2, 0) is 6.42 Å². The predicted octanol–water partition coefficient (Wildman–Crippen LogP) is 3.18. The highest BCUT2D eigenvalue weighted by atomic mass is 32.2. The van der Waals surface area contributed by atoms with Gasteiger partial charge in [-0.3, -0.25) is 4.90 Å². The van der Waals surface area contributed by atoms with E-state index in [1.54, 1.807) is 0 Å². The number of piperazine rings is 1. The zero-order valence-corrected chi connectivity index (χ0v) is 13.9. The highest BCUT2D eigenvalue weighted by Crippen LogP contribution is 2.26. The summed E-state index contributed by atoms with van der Waals surface area (Å²) < 4.78 is 0. The Bertz CT molecular complexity index is 416. The van der Waals surface area contributed by atoms with Gasteiger partial charge in [-0.05, 0) is 37.5 Å². The molecule has 0 amide bonds. The third-order valence-electron chi connectivity index (χ3n) is 4.82. The minimum absolute atomic E-state index is 0.609. The molecule has 2 aliphatic rings. The molecule has 2 fully saturated rings. The minimum Gasteiger partial charge on any atom is -0.311 e. The molecule has 0 spiro atoms. The lowest BCUT2D eigenvalue weighted by molar-refractivity contribution is 0.139. The zero-order chi connectivity index (χ0) is 14.5. The van der Waals surface area contributed by atoms with E-state index in [-0.39, 0.29) is 0 Å². The van der Waals surface area contributed by atoms with Crippen LogP contribution in [0.3, 0.4) is 0 Å². The highest BCUT2D eigenvalue weighted by molar-refractivity contribution is 7.99. The second-order valence-electron chi connectivity index (χ2n) is 6.59. The Kier molecular flexibility index (Phi) is 5.61. The fourth-order valence-corrected chi connectivity index (χ4v) is 4.83. The summed E-state index contributed by atoms with van der Waals surface area (Å²) in [4.78, 5) is 2.73. The van der Waals surface area contributed by atoms with Gasteiger partial charge >= 0.3 is 0 Å². The average molecular weight is 305 g/mol. The van der Waals surface area contributed by atoms with Gasteiger partial charge in [0, 0.05) is 37.0 Å². The molecule has 21 heavy (non-hydrogen) atoms. The third-order valence-corrected chi connectivity index (χ3v) is 6.20. The molecular weight excluding hydrogens is 276 g/mol. The molecule has 0 aliphatic carbocycles. The maximum Gasteiger partial charge on any atom is 0.0236 e. The number of rotatable bonds is 4. The van der Waals surface area contributed by atoms with Crippen LogP contribution in [0.15, 0.2) is 30.3 Å². The summed E-state index contributed by atoms with van der Waals surface area (Å²) in [7, 11) is 0. The zero-order valence-electron chi connectivity index (χ0n) is 13.1. The first-order valence-corrected chi connectivity index (χ1v) is 9.49. The summed E-state index contributed by atoms with van der Waals surface area (Å²) in [5, 5.41) is 4.61. The van der Waals surface area contributed by atoms with Crippen molar-refractivity contribution in [1.29, 1.82) is 0 Å². The molecule has 0 aromatic heterocycles. The van der Waals surface area contributed by atoms with Crippen molar-refractivity contribution in [3.05, 3.63) is 35.9 Å². The van der Waals surface area contributed by atoms with Gasteiger partial charge in [0.05, 0.1) is 0 Å². The Morgan fingerprint density at radius 1 is 1.24 bits per heavy atom. The van der Waals surface area contributed by atoms with Crippen molar-refractivity contribution in [2.75, 3.05) is 25.4 Å². The third kappa shape index (κ3) is 4.48. The van der Waals surface area contributed by atoms with E-state index in [4.69, 9.17) is 0 Å². The molecule has 3 heteroatoms. The van der Waals surface area contributed by atoms with E-state index in [2.05, 4.69) is 59.2 Å². The fourth-order valence-electron chi connectivity index (χ4n) is 3.50. The van der Waals surface area contributed by atoms with Crippen LogP contribution >= 0.6 is 11.8 Å². The molecule has 2 heterocycles. The van der Waals surface area contributed by atoms with E-state index in [0.29, 0.717) is 12.1 Å². The summed E-state index contributed by atoms with van der Waals surface area (Å²) in [5.41, 5.74) is 1.46. The molecule has 2 saturated heterocycles. The summed E-state index contributed by atoms with van der Waals surface area (Å²) >= 11 is 2.20. The Hall–Kier alpha value is -0.510. The van der Waals surface area contributed by atoms with Crippen LogP contribution in [0.1, 0.15) is 31.7 Å². The molecule has 3 rings (SSSR count). The lowest BCUT2D eigenvalue weighted by Crippen LogP contribution is -2.57. The summed E-state index contributed by atoms with van der Waals surface area (Å²) in [6, 6.07) is 12.2. The number of benzene rings is 1. The molecular formula is C18H28N2S. The maximum absolute atomic E-state index is 3.74. The van der Waals surface area contributed by atoms with E-state index in [1.807, 2.05) is 0 Å². The maximum atomic E-state index is 3.74. The first kappa shape index (κ1) is 15.4. The second kappa shape index (κ2) is 7.66. The van der Waals surface area contributed by atoms with Gasteiger partial charge in [0.25, 0.3) is 0 Å². The normalized spacial score (nSPS) is 31.2. The first-order chi connectivity index (χ1) is 10.3. The molecule has 1 N–H and O–H groups in total. The van der Waals surface area contributed by atoms with Gasteiger partial charge in [0.1, 0.15) is 0 Å². The van der Waals surface area contributed by atoms with Crippen LogP contribution in [0.5, 0.6) is 0 Å². The number of thioether (sulfide) groups is 1. The standard InChI is InChI=1S/C18H28N2S/c1-15-12-19-17(11-16-7-3-2-4-8-16)13-20(15)14-18-9-5-6-10-21-18/h2-4,7-8,15,17-19H,5-6,9-14H2,1H3. The van der Waals surface area contributed by atoms with E-state index >= 15 is 0 Å². The molecule has 0 bridgehead atoms. The van der Waals surface area contributed by atoms with Gasteiger partial charge in [-0.25, -0.2) is 0 Å². The molecule has 116 valence electrons. The van der Waals surface area contributed by atoms with E-state index in [1.165, 1.54) is 43.7 Å². The molecule has 0 saturated carbocycles. The van der Waals surface area contributed by atoms with Gasteiger partial charge in [-0.1, -0.05) is 36.8 Å². The Morgan fingerprint density at radius 2 is 2.10 bits per heavy atom. The first-order valence-electron chi connectivity index (χ1n) is 8.44. The molecule has 3 atom stereocenters. The van der Waals surface area contributed by atoms with Crippen molar-refractivity contribution in [2.45, 2.75) is 49.9 Å². The van der Waals surface area contributed by atoms with E-state index < -0.39 is 0 Å². The van der Waals surface area contributed by atoms with Crippen molar-refractivity contribution in [3.63, 3.8) is 0 Å². The Labute approximate surface area is 133 Å². The van der Waals surface area contributed by atoms with Crippen LogP contribution in [0.2, 0.25) is 0 Å². The van der Waals surface area contributed by atoms with Crippen LogP contribution in [0.4, 0.5) is 0 Å². The molecule has 2 aliphatic heterocycles. The fraction of sp³-hybridized carbons (Fsp3) is 0.667. The topological polar surface area (TPSA) is 15.3 Å². The van der Waals surface area contributed by atoms with Crippen LogP contribution in [0.25, 0.3) is 0 Å². The Morgan fingerprint density at radius 3 is 2.86 bits per heavy atom. The number of hydrogen-bond acceptors (Lipinski definition) is 3. The van der Waals surface area contributed by atoms with Crippen molar-refractivity contribution in [2.24, 2.45) is 0 Å². The smallest absolute Gasteiger partial charge is 0.0236 e. The highest BCUT2D eigenvalue weighted by Gasteiger charge is 2.27. The summed E-state index contributed by atoms with van der Waals surface area (Å²) in [6.45, 7) is 6.00. The predicted molar refractivity (Wildman–Crippen MR) is 93.1 cm³/mol. The largest absolute Gasteiger partial charge is 0.311 e. The van der Waals surface area contributed by atoms with Crippen LogP contribution in [0, 0.1) is 0 Å². The number of nitrogens with one attached hydrogen (secondary N) is 1. The van der Waals surface area contributed by atoms with E-state index in [0.717, 1.165) is 18.2 Å². The van der Waals surface area contributed by atoms with Gasteiger partial charge in [-0.2, -0.15) is 11.8 Å². The van der Waals surface area contributed by atoms with E-state index in [9.17, 15) is 0 Å². The Balaban J connectivity index is 1.54. The molecule has 2 nitrogen and oxygen atoms in total. The van der Waals surface area contributed by atoms with Crippen LogP contribution < -0.4 is 5.32 Å². The number of hydrogen-bond donors (Lipinski definition) is 1. The van der Waals surface area contributed by atoms with Crippen molar-refractivity contribution in [1.82, 2.24) is 10.2 Å². The molecule has 0 radical (unpaired) electrons. The van der Waals surface area contributed by atoms with Crippen LogP contribution in [-0.4, -0.2) is 47.6 Å². The molecule has 3 unspecified atom stereocenters. The van der Waals surface area contributed by atoms with Gasteiger partial charge in [0.2, 0.25) is 0 Å². The SMILES string of the molecule is CC1CNC(Cc2ccccc2)CN1CC1CCCCS1. The lowest BCUT2D eigenvalue weighted by Gasteiger charge is -2.41. The van der Waals surface area contributed by atoms with Gasteiger partial charge in [0.15, 0.2) is 0 Å². The van der Waals surface area contributed by atoms with Gasteiger partial charge in [-0.15, -0.1) is 0 Å². The molecule has 1 aromatic carbocycles. The van der Waals surface area contributed by atoms with Crippen molar-refractivity contribution >= 4 is 11.8 Å². The number of nitrogens with zero attached hydrogens (tertiary/aromatic N) is 1. The quantitative estimate of drug-likeness (QED) is 0.920. The second-order valence-corrected chi connectivity index (χ2v) is 7.99. The minimum atomic E-state index is 0.609. The molecule has 1 aromatic rings.